The van der Waals surface area contributed by atoms with E-state index in [1.807, 2.05) is 24.3 Å². The summed E-state index contributed by atoms with van der Waals surface area (Å²) in [6.07, 6.45) is 2.84. The molecule has 0 saturated carbocycles. The molecule has 0 amide bonds. The number of hydrogen-bond acceptors (Lipinski definition) is 4. The zero-order chi connectivity index (χ0) is 20.0. The van der Waals surface area contributed by atoms with Crippen molar-refractivity contribution in [1.29, 1.82) is 0 Å². The van der Waals surface area contributed by atoms with Crippen LogP contribution in [0, 0.1) is 6.92 Å². The summed E-state index contributed by atoms with van der Waals surface area (Å²) in [4.78, 5) is 26.1. The molecule has 146 valence electrons. The third-order valence-electron chi connectivity index (χ3n) is 5.65. The van der Waals surface area contributed by atoms with Crippen LogP contribution in [-0.4, -0.2) is 26.4 Å². The van der Waals surface area contributed by atoms with Gasteiger partial charge in [0.25, 0.3) is 5.56 Å². The Kier molecular flexibility index (Phi) is 4.21. The molecule has 0 unspecified atom stereocenters. The van der Waals surface area contributed by atoms with Crippen molar-refractivity contribution < 1.29 is 0 Å². The fourth-order valence-electron chi connectivity index (χ4n) is 4.06. The number of hydrogen-bond donors (Lipinski definition) is 3. The highest BCUT2D eigenvalue weighted by atomic mass is 16.1. The van der Waals surface area contributed by atoms with Gasteiger partial charge in [0.2, 0.25) is 0 Å². The van der Waals surface area contributed by atoms with E-state index in [4.69, 9.17) is 10.7 Å². The number of nitrogens with two attached hydrogens (primary N) is 1. The molecule has 0 saturated heterocycles. The van der Waals surface area contributed by atoms with Gasteiger partial charge in [0, 0.05) is 54.4 Å². The van der Waals surface area contributed by atoms with Gasteiger partial charge in [0.1, 0.15) is 5.82 Å². The molecule has 1 aliphatic heterocycles. The summed E-state index contributed by atoms with van der Waals surface area (Å²) in [5.41, 5.74) is 12.6. The number of rotatable bonds is 3. The van der Waals surface area contributed by atoms with Gasteiger partial charge in [-0.2, -0.15) is 0 Å². The molecule has 2 aromatic carbocycles. The van der Waals surface area contributed by atoms with Crippen LogP contribution in [0.5, 0.6) is 0 Å². The van der Waals surface area contributed by atoms with Crippen LogP contribution in [0.1, 0.15) is 22.4 Å². The van der Waals surface area contributed by atoms with Crippen molar-refractivity contribution in [1.82, 2.24) is 19.9 Å². The van der Waals surface area contributed by atoms with Crippen LogP contribution >= 0.6 is 0 Å². The largest absolute Gasteiger partial charge is 0.399 e. The standard InChI is InChI=1S/C23H23N5O/c1-14-2-7-20-18(10-14)16(11-25-20)12-28-9-8-21-19(13-28)23(29)27-22(26-21)15-3-5-17(24)6-4-15/h2-7,10-11,25H,8-9,12-13,24H2,1H3,(H,26,27,29). The quantitative estimate of drug-likeness (QED) is 0.472. The minimum absolute atomic E-state index is 0.0544. The molecule has 5 rings (SSSR count). The lowest BCUT2D eigenvalue weighted by Gasteiger charge is -2.27. The monoisotopic (exact) mass is 385 g/mol. The summed E-state index contributed by atoms with van der Waals surface area (Å²) in [5, 5.41) is 1.25. The van der Waals surface area contributed by atoms with E-state index in [2.05, 4.69) is 46.2 Å². The lowest BCUT2D eigenvalue weighted by atomic mass is 10.0. The number of nitrogens with one attached hydrogen (secondary N) is 2. The van der Waals surface area contributed by atoms with Gasteiger partial charge < -0.3 is 15.7 Å². The third-order valence-corrected chi connectivity index (χ3v) is 5.65. The van der Waals surface area contributed by atoms with Gasteiger partial charge in [-0.15, -0.1) is 0 Å². The van der Waals surface area contributed by atoms with Gasteiger partial charge in [-0.1, -0.05) is 11.6 Å². The van der Waals surface area contributed by atoms with Gasteiger partial charge in [-0.3, -0.25) is 9.69 Å². The Morgan fingerprint density at radius 3 is 2.83 bits per heavy atom. The fourth-order valence-corrected chi connectivity index (χ4v) is 4.06. The predicted octanol–water partition coefficient (Wildman–Crippen LogP) is 3.37. The third kappa shape index (κ3) is 3.32. The van der Waals surface area contributed by atoms with Crippen LogP contribution in [0.3, 0.4) is 0 Å². The summed E-state index contributed by atoms with van der Waals surface area (Å²) in [6, 6.07) is 13.9. The number of nitrogens with zero attached hydrogens (tertiary/aromatic N) is 2. The van der Waals surface area contributed by atoms with Crippen molar-refractivity contribution in [3.63, 3.8) is 0 Å². The number of fused-ring (bicyclic) bond motifs is 2. The molecule has 29 heavy (non-hydrogen) atoms. The van der Waals surface area contributed by atoms with Gasteiger partial charge >= 0.3 is 0 Å². The highest BCUT2D eigenvalue weighted by Gasteiger charge is 2.22. The smallest absolute Gasteiger partial charge is 0.255 e. The molecule has 0 aliphatic carbocycles. The SMILES string of the molecule is Cc1ccc2[nH]cc(CN3CCc4nc(-c5ccc(N)cc5)[nH]c(=O)c4C3)c2c1. The first kappa shape index (κ1) is 17.7. The summed E-state index contributed by atoms with van der Waals surface area (Å²) >= 11 is 0. The Balaban J connectivity index is 1.41. The lowest BCUT2D eigenvalue weighted by molar-refractivity contribution is 0.242. The van der Waals surface area contributed by atoms with Gasteiger partial charge in [-0.05, 0) is 48.9 Å². The molecule has 4 N–H and O–H groups in total. The van der Waals surface area contributed by atoms with Crippen LogP contribution < -0.4 is 11.3 Å². The van der Waals surface area contributed by atoms with Crippen LogP contribution in [0.25, 0.3) is 22.3 Å². The van der Waals surface area contributed by atoms with E-state index in [0.717, 1.165) is 41.8 Å². The molecule has 4 aromatic rings. The Morgan fingerprint density at radius 2 is 2.00 bits per heavy atom. The Hall–Kier alpha value is -3.38. The van der Waals surface area contributed by atoms with E-state index in [0.29, 0.717) is 18.1 Å². The molecule has 3 heterocycles. The molecule has 6 nitrogen and oxygen atoms in total. The second-order valence-corrected chi connectivity index (χ2v) is 7.79. The molecule has 0 atom stereocenters. The molecule has 0 spiro atoms. The number of aromatic nitrogens is 3. The highest BCUT2D eigenvalue weighted by molar-refractivity contribution is 5.83. The van der Waals surface area contributed by atoms with Crippen LogP contribution in [0.15, 0.2) is 53.5 Å². The number of aryl methyl sites for hydroxylation is 1. The molecule has 0 bridgehead atoms. The zero-order valence-electron chi connectivity index (χ0n) is 16.3. The first-order chi connectivity index (χ1) is 14.1. The average molecular weight is 385 g/mol. The Morgan fingerprint density at radius 1 is 1.17 bits per heavy atom. The lowest BCUT2D eigenvalue weighted by Crippen LogP contribution is -2.35. The highest BCUT2D eigenvalue weighted by Crippen LogP contribution is 2.24. The molecule has 0 radical (unpaired) electrons. The van der Waals surface area contributed by atoms with E-state index < -0.39 is 0 Å². The number of nitrogen functional groups attached to an aromatic ring is 1. The van der Waals surface area contributed by atoms with Crippen molar-refractivity contribution in [2.45, 2.75) is 26.4 Å². The van der Waals surface area contributed by atoms with E-state index in [1.54, 1.807) is 0 Å². The maximum absolute atomic E-state index is 12.8. The van der Waals surface area contributed by atoms with E-state index in [-0.39, 0.29) is 5.56 Å². The first-order valence-electron chi connectivity index (χ1n) is 9.84. The van der Waals surface area contributed by atoms with E-state index in [9.17, 15) is 4.79 Å². The number of anilines is 1. The van der Waals surface area contributed by atoms with Gasteiger partial charge in [0.05, 0.1) is 11.3 Å². The van der Waals surface area contributed by atoms with E-state index >= 15 is 0 Å². The summed E-state index contributed by atoms with van der Waals surface area (Å²) < 4.78 is 0. The molecular weight excluding hydrogens is 362 g/mol. The molecule has 0 fully saturated rings. The minimum Gasteiger partial charge on any atom is -0.399 e. The number of aromatic amines is 2. The number of benzene rings is 2. The summed E-state index contributed by atoms with van der Waals surface area (Å²) in [7, 11) is 0. The van der Waals surface area contributed by atoms with Crippen molar-refractivity contribution >= 4 is 16.6 Å². The second kappa shape index (κ2) is 6.90. The van der Waals surface area contributed by atoms with E-state index in [1.165, 1.54) is 16.5 Å². The Labute approximate surface area is 168 Å². The maximum atomic E-state index is 12.8. The fraction of sp³-hybridized carbons (Fsp3) is 0.217. The van der Waals surface area contributed by atoms with Crippen LogP contribution in [0.2, 0.25) is 0 Å². The van der Waals surface area contributed by atoms with Crippen molar-refractivity contribution in [2.75, 3.05) is 12.3 Å². The Bertz CT molecular complexity index is 1250. The minimum atomic E-state index is -0.0544. The van der Waals surface area contributed by atoms with Crippen molar-refractivity contribution in [2.24, 2.45) is 0 Å². The maximum Gasteiger partial charge on any atom is 0.255 e. The molecule has 2 aromatic heterocycles. The van der Waals surface area contributed by atoms with Crippen molar-refractivity contribution in [3.8, 4) is 11.4 Å². The summed E-state index contributed by atoms with van der Waals surface area (Å²) in [5.74, 6) is 0.606. The molecule has 6 heteroatoms. The van der Waals surface area contributed by atoms with Crippen LogP contribution in [0.4, 0.5) is 5.69 Å². The topological polar surface area (TPSA) is 90.8 Å². The normalized spacial score (nSPS) is 14.2. The van der Waals surface area contributed by atoms with Gasteiger partial charge in [-0.25, -0.2) is 4.98 Å². The molecular formula is C23H23N5O. The zero-order valence-corrected chi connectivity index (χ0v) is 16.3. The second-order valence-electron chi connectivity index (χ2n) is 7.79. The molecule has 1 aliphatic rings. The van der Waals surface area contributed by atoms with Crippen molar-refractivity contribution in [3.05, 3.63) is 81.4 Å². The first-order valence-corrected chi connectivity index (χ1v) is 9.84. The average Bonchev–Trinajstić information content (AvgIpc) is 3.11. The number of H-pyrrole nitrogens is 2. The summed E-state index contributed by atoms with van der Waals surface area (Å²) in [6.45, 7) is 4.40. The van der Waals surface area contributed by atoms with Crippen LogP contribution in [-0.2, 0) is 19.5 Å². The predicted molar refractivity (Wildman–Crippen MR) is 116 cm³/mol. The van der Waals surface area contributed by atoms with Gasteiger partial charge in [0.15, 0.2) is 0 Å².